The molecule has 1 unspecified atom stereocenters. The van der Waals surface area contributed by atoms with Gasteiger partial charge in [0.2, 0.25) is 0 Å². The molecule has 1 aliphatic heterocycles. The zero-order valence-corrected chi connectivity index (χ0v) is 17.9. The van der Waals surface area contributed by atoms with Gasteiger partial charge in [0.15, 0.2) is 0 Å². The molecule has 1 aromatic heterocycles. The summed E-state index contributed by atoms with van der Waals surface area (Å²) < 4.78 is 7.21. The largest absolute Gasteiger partial charge is 0.495 e. The Labute approximate surface area is 181 Å². The summed E-state index contributed by atoms with van der Waals surface area (Å²) in [6.07, 6.45) is 3.55. The number of rotatable bonds is 5. The summed E-state index contributed by atoms with van der Waals surface area (Å²) in [7, 11) is 1.68. The summed E-state index contributed by atoms with van der Waals surface area (Å²) in [4.78, 5) is 15.3. The number of nitrogens with one attached hydrogen (secondary N) is 1. The SMILES string of the molecule is COc1ccccc1N1CCCC(NC(=O)c2cnn(-c3ccccc3Cl)c2C)C1. The van der Waals surface area contributed by atoms with E-state index in [2.05, 4.69) is 21.4 Å². The van der Waals surface area contributed by atoms with E-state index in [4.69, 9.17) is 16.3 Å². The molecule has 3 aromatic rings. The van der Waals surface area contributed by atoms with Crippen LogP contribution in [0.3, 0.4) is 0 Å². The fourth-order valence-electron chi connectivity index (χ4n) is 3.97. The van der Waals surface area contributed by atoms with E-state index >= 15 is 0 Å². The number of carbonyl (C=O) groups is 1. The monoisotopic (exact) mass is 424 g/mol. The van der Waals surface area contributed by atoms with Crippen LogP contribution < -0.4 is 15.0 Å². The van der Waals surface area contributed by atoms with Crippen molar-refractivity contribution >= 4 is 23.2 Å². The summed E-state index contributed by atoms with van der Waals surface area (Å²) >= 11 is 6.30. The van der Waals surface area contributed by atoms with Gasteiger partial charge in [-0.1, -0.05) is 35.9 Å². The molecule has 0 bridgehead atoms. The first-order valence-electron chi connectivity index (χ1n) is 10.1. The van der Waals surface area contributed by atoms with E-state index in [0.29, 0.717) is 10.6 Å². The number of anilines is 1. The van der Waals surface area contributed by atoms with Crippen molar-refractivity contribution in [1.82, 2.24) is 15.1 Å². The lowest BCUT2D eigenvalue weighted by Gasteiger charge is -2.35. The van der Waals surface area contributed by atoms with Gasteiger partial charge in [0.05, 0.1) is 41.0 Å². The van der Waals surface area contributed by atoms with Gasteiger partial charge in [-0.05, 0) is 44.0 Å². The Hall–Kier alpha value is -2.99. The third-order valence-corrected chi connectivity index (χ3v) is 5.84. The number of benzene rings is 2. The van der Waals surface area contributed by atoms with Crippen molar-refractivity contribution < 1.29 is 9.53 Å². The van der Waals surface area contributed by atoms with Gasteiger partial charge in [-0.2, -0.15) is 5.10 Å². The Morgan fingerprint density at radius 3 is 2.67 bits per heavy atom. The van der Waals surface area contributed by atoms with Crippen molar-refractivity contribution in [3.8, 4) is 11.4 Å². The Bertz CT molecular complexity index is 1050. The predicted octanol–water partition coefficient (Wildman–Crippen LogP) is 4.24. The Morgan fingerprint density at radius 1 is 1.17 bits per heavy atom. The Morgan fingerprint density at radius 2 is 1.90 bits per heavy atom. The van der Waals surface area contributed by atoms with Crippen LogP contribution in [-0.4, -0.2) is 41.9 Å². The summed E-state index contributed by atoms with van der Waals surface area (Å²) in [5.41, 5.74) is 3.14. The number of hydrogen-bond donors (Lipinski definition) is 1. The van der Waals surface area contributed by atoms with Gasteiger partial charge in [0, 0.05) is 19.1 Å². The summed E-state index contributed by atoms with van der Waals surface area (Å²) in [5.74, 6) is 0.735. The topological polar surface area (TPSA) is 59.4 Å². The minimum absolute atomic E-state index is 0.0548. The number of halogens is 1. The van der Waals surface area contributed by atoms with Gasteiger partial charge in [-0.15, -0.1) is 0 Å². The third kappa shape index (κ3) is 4.00. The maximum atomic E-state index is 13.0. The molecule has 6 nitrogen and oxygen atoms in total. The first kappa shape index (κ1) is 20.3. The van der Waals surface area contributed by atoms with E-state index in [9.17, 15) is 4.79 Å². The Balaban J connectivity index is 1.49. The average Bonchev–Trinajstić information content (AvgIpc) is 3.15. The maximum absolute atomic E-state index is 13.0. The predicted molar refractivity (Wildman–Crippen MR) is 119 cm³/mol. The number of ether oxygens (including phenoxy) is 1. The molecule has 0 radical (unpaired) electrons. The number of aromatic nitrogens is 2. The van der Waals surface area contributed by atoms with Crippen LogP contribution in [0.5, 0.6) is 5.75 Å². The molecular formula is C23H25ClN4O2. The fraction of sp³-hybridized carbons (Fsp3) is 0.304. The molecule has 7 heteroatoms. The highest BCUT2D eigenvalue weighted by Gasteiger charge is 2.25. The van der Waals surface area contributed by atoms with Crippen molar-refractivity contribution in [3.63, 3.8) is 0 Å². The second-order valence-corrected chi connectivity index (χ2v) is 7.84. The molecule has 156 valence electrons. The lowest BCUT2D eigenvalue weighted by atomic mass is 10.0. The molecule has 2 heterocycles. The van der Waals surface area contributed by atoms with Crippen LogP contribution in [0.4, 0.5) is 5.69 Å². The molecule has 0 spiro atoms. The molecule has 1 fully saturated rings. The van der Waals surface area contributed by atoms with E-state index in [0.717, 1.165) is 48.7 Å². The first-order valence-corrected chi connectivity index (χ1v) is 10.4. The van der Waals surface area contributed by atoms with Crippen LogP contribution in [-0.2, 0) is 0 Å². The molecule has 1 saturated heterocycles. The molecule has 0 aliphatic carbocycles. The average molecular weight is 425 g/mol. The van der Waals surface area contributed by atoms with Gasteiger partial charge in [0.25, 0.3) is 5.91 Å². The molecule has 1 amide bonds. The maximum Gasteiger partial charge on any atom is 0.255 e. The van der Waals surface area contributed by atoms with Crippen LogP contribution in [0.25, 0.3) is 5.69 Å². The number of methoxy groups -OCH3 is 1. The fourth-order valence-corrected chi connectivity index (χ4v) is 4.18. The quantitative estimate of drug-likeness (QED) is 0.665. The smallest absolute Gasteiger partial charge is 0.255 e. The molecular weight excluding hydrogens is 400 g/mol. The second kappa shape index (κ2) is 8.79. The molecule has 2 aromatic carbocycles. The van der Waals surface area contributed by atoms with Crippen molar-refractivity contribution in [2.45, 2.75) is 25.8 Å². The Kier molecular flexibility index (Phi) is 5.95. The number of carbonyl (C=O) groups excluding carboxylic acids is 1. The van der Waals surface area contributed by atoms with Gasteiger partial charge in [-0.3, -0.25) is 4.79 Å². The highest BCUT2D eigenvalue weighted by Crippen LogP contribution is 2.30. The van der Waals surface area contributed by atoms with Crippen LogP contribution in [0, 0.1) is 6.92 Å². The number of para-hydroxylation sites is 3. The van der Waals surface area contributed by atoms with Gasteiger partial charge in [0.1, 0.15) is 5.75 Å². The van der Waals surface area contributed by atoms with Crippen LogP contribution in [0.1, 0.15) is 28.9 Å². The zero-order valence-electron chi connectivity index (χ0n) is 17.1. The minimum atomic E-state index is -0.113. The van der Waals surface area contributed by atoms with Crippen molar-refractivity contribution in [3.05, 3.63) is 71.0 Å². The van der Waals surface area contributed by atoms with Gasteiger partial charge >= 0.3 is 0 Å². The highest BCUT2D eigenvalue weighted by atomic mass is 35.5. The van der Waals surface area contributed by atoms with Gasteiger partial charge < -0.3 is 15.0 Å². The van der Waals surface area contributed by atoms with Crippen molar-refractivity contribution in [1.29, 1.82) is 0 Å². The number of nitrogens with zero attached hydrogens (tertiary/aromatic N) is 3. The zero-order chi connectivity index (χ0) is 21.1. The lowest BCUT2D eigenvalue weighted by molar-refractivity contribution is 0.0932. The number of hydrogen-bond acceptors (Lipinski definition) is 4. The van der Waals surface area contributed by atoms with Crippen molar-refractivity contribution in [2.24, 2.45) is 0 Å². The second-order valence-electron chi connectivity index (χ2n) is 7.44. The molecule has 1 aliphatic rings. The van der Waals surface area contributed by atoms with E-state index in [1.165, 1.54) is 0 Å². The summed E-state index contributed by atoms with van der Waals surface area (Å²) in [5, 5.41) is 8.17. The normalized spacial score (nSPS) is 16.4. The molecule has 0 saturated carbocycles. The van der Waals surface area contributed by atoms with E-state index in [1.807, 2.05) is 49.4 Å². The molecule has 1 atom stereocenters. The van der Waals surface area contributed by atoms with E-state index in [-0.39, 0.29) is 11.9 Å². The van der Waals surface area contributed by atoms with Crippen LogP contribution >= 0.6 is 11.6 Å². The molecule has 1 N–H and O–H groups in total. The first-order chi connectivity index (χ1) is 14.6. The lowest BCUT2D eigenvalue weighted by Crippen LogP contribution is -2.48. The molecule has 30 heavy (non-hydrogen) atoms. The summed E-state index contributed by atoms with van der Waals surface area (Å²) in [6.45, 7) is 3.56. The van der Waals surface area contributed by atoms with Crippen LogP contribution in [0.2, 0.25) is 5.02 Å². The standard InChI is InChI=1S/C23H25ClN4O2/c1-16-18(14-25-28(16)20-10-4-3-9-19(20)24)23(29)26-17-8-7-13-27(15-17)21-11-5-6-12-22(21)30-2/h3-6,9-12,14,17H,7-8,13,15H2,1-2H3,(H,26,29). The number of amides is 1. The third-order valence-electron chi connectivity index (χ3n) is 5.52. The van der Waals surface area contributed by atoms with Gasteiger partial charge in [-0.25, -0.2) is 4.68 Å². The van der Waals surface area contributed by atoms with E-state index < -0.39 is 0 Å². The number of piperidine rings is 1. The molecule has 4 rings (SSSR count). The highest BCUT2D eigenvalue weighted by molar-refractivity contribution is 6.32. The minimum Gasteiger partial charge on any atom is -0.495 e. The van der Waals surface area contributed by atoms with Crippen molar-refractivity contribution in [2.75, 3.05) is 25.1 Å². The van der Waals surface area contributed by atoms with E-state index in [1.54, 1.807) is 18.0 Å². The van der Waals surface area contributed by atoms with Crippen LogP contribution in [0.15, 0.2) is 54.7 Å². The summed E-state index contributed by atoms with van der Waals surface area (Å²) in [6, 6.07) is 15.5.